The first kappa shape index (κ1) is 13.0. The Morgan fingerprint density at radius 2 is 2.12 bits per heavy atom. The largest absolute Gasteiger partial charge is 0.478 e. The van der Waals surface area contributed by atoms with Crippen LogP contribution in [0.5, 0.6) is 0 Å². The molecule has 0 aliphatic rings. The van der Waals surface area contributed by atoms with Gasteiger partial charge in [-0.3, -0.25) is 0 Å². The molecule has 0 saturated heterocycles. The highest BCUT2D eigenvalue weighted by atomic mass is 16.4. The van der Waals surface area contributed by atoms with Crippen molar-refractivity contribution < 1.29 is 14.7 Å². The molecule has 1 aromatic carbocycles. The lowest BCUT2D eigenvalue weighted by Gasteiger charge is -2.08. The Bertz CT molecular complexity index is 432. The minimum absolute atomic E-state index is 0.168. The molecule has 0 radical (unpaired) electrons. The van der Waals surface area contributed by atoms with E-state index < -0.39 is 12.0 Å². The fourth-order valence-electron chi connectivity index (χ4n) is 1.29. The lowest BCUT2D eigenvalue weighted by Crippen LogP contribution is -2.32. The number of hydrogen-bond acceptors (Lipinski definition) is 3. The van der Waals surface area contributed by atoms with Gasteiger partial charge in [-0.1, -0.05) is 6.07 Å². The van der Waals surface area contributed by atoms with Crippen LogP contribution in [0.15, 0.2) is 18.2 Å². The summed E-state index contributed by atoms with van der Waals surface area (Å²) in [7, 11) is 0. The number of nitrogens with one attached hydrogen (secondary N) is 2. The van der Waals surface area contributed by atoms with E-state index in [1.165, 1.54) is 6.07 Å². The minimum atomic E-state index is -1.02. The van der Waals surface area contributed by atoms with Crippen molar-refractivity contribution in [3.63, 3.8) is 0 Å². The average molecular weight is 237 g/mol. The van der Waals surface area contributed by atoms with Crippen LogP contribution in [-0.2, 0) is 0 Å². The number of benzene rings is 1. The van der Waals surface area contributed by atoms with Crippen molar-refractivity contribution in [2.45, 2.75) is 6.92 Å². The Morgan fingerprint density at radius 1 is 1.41 bits per heavy atom. The van der Waals surface area contributed by atoms with E-state index in [0.717, 1.165) is 0 Å². The van der Waals surface area contributed by atoms with Gasteiger partial charge in [0.05, 0.1) is 5.56 Å². The van der Waals surface area contributed by atoms with Gasteiger partial charge in [0.25, 0.3) is 0 Å². The SMILES string of the molecule is Cc1ccc(NC(=O)NCCN)cc1C(=O)O. The summed E-state index contributed by atoms with van der Waals surface area (Å²) >= 11 is 0. The van der Waals surface area contributed by atoms with E-state index >= 15 is 0 Å². The number of carbonyl (C=O) groups excluding carboxylic acids is 1. The summed E-state index contributed by atoms with van der Waals surface area (Å²) in [5.74, 6) is -1.02. The van der Waals surface area contributed by atoms with E-state index in [9.17, 15) is 9.59 Å². The van der Waals surface area contributed by atoms with Gasteiger partial charge in [-0.05, 0) is 24.6 Å². The number of amides is 2. The number of aromatic carboxylic acids is 1. The molecule has 17 heavy (non-hydrogen) atoms. The van der Waals surface area contributed by atoms with Crippen molar-refractivity contribution >= 4 is 17.7 Å². The predicted molar refractivity (Wildman–Crippen MR) is 64.2 cm³/mol. The minimum Gasteiger partial charge on any atom is -0.478 e. The lowest BCUT2D eigenvalue weighted by molar-refractivity contribution is 0.0696. The second-order valence-corrected chi connectivity index (χ2v) is 3.50. The van der Waals surface area contributed by atoms with Crippen molar-refractivity contribution in [3.8, 4) is 0 Å². The molecular weight excluding hydrogens is 222 g/mol. The summed E-state index contributed by atoms with van der Waals surface area (Å²) in [6, 6.07) is 4.29. The zero-order valence-corrected chi connectivity index (χ0v) is 9.49. The molecule has 1 aromatic rings. The second kappa shape index (κ2) is 5.86. The van der Waals surface area contributed by atoms with Crippen LogP contribution in [0.2, 0.25) is 0 Å². The number of carboxylic acid groups (broad SMARTS) is 1. The van der Waals surface area contributed by atoms with Crippen LogP contribution >= 0.6 is 0 Å². The Labute approximate surface area is 98.8 Å². The van der Waals surface area contributed by atoms with Gasteiger partial charge < -0.3 is 21.5 Å². The van der Waals surface area contributed by atoms with Gasteiger partial charge in [-0.25, -0.2) is 9.59 Å². The Hall–Kier alpha value is -2.08. The molecule has 0 heterocycles. The third kappa shape index (κ3) is 3.76. The number of rotatable bonds is 4. The third-order valence-corrected chi connectivity index (χ3v) is 2.16. The van der Waals surface area contributed by atoms with Gasteiger partial charge in [0, 0.05) is 18.8 Å². The number of nitrogens with two attached hydrogens (primary N) is 1. The fourth-order valence-corrected chi connectivity index (χ4v) is 1.29. The van der Waals surface area contributed by atoms with E-state index in [-0.39, 0.29) is 5.56 Å². The Kier molecular flexibility index (Phi) is 4.47. The maximum Gasteiger partial charge on any atom is 0.336 e. The smallest absolute Gasteiger partial charge is 0.336 e. The number of carboxylic acids is 1. The van der Waals surface area contributed by atoms with Gasteiger partial charge in [0.15, 0.2) is 0 Å². The van der Waals surface area contributed by atoms with Crippen molar-refractivity contribution in [2.75, 3.05) is 18.4 Å². The van der Waals surface area contributed by atoms with Crippen LogP contribution in [-0.4, -0.2) is 30.2 Å². The number of carbonyl (C=O) groups is 2. The molecule has 5 N–H and O–H groups in total. The van der Waals surface area contributed by atoms with Gasteiger partial charge in [-0.2, -0.15) is 0 Å². The van der Waals surface area contributed by atoms with Crippen LogP contribution in [0.25, 0.3) is 0 Å². The number of aryl methyl sites for hydroxylation is 1. The van der Waals surface area contributed by atoms with Crippen LogP contribution < -0.4 is 16.4 Å². The van der Waals surface area contributed by atoms with E-state index in [1.54, 1.807) is 19.1 Å². The molecule has 0 aromatic heterocycles. The van der Waals surface area contributed by atoms with E-state index in [4.69, 9.17) is 10.8 Å². The summed E-state index contributed by atoms with van der Waals surface area (Å²) in [6.07, 6.45) is 0. The molecule has 2 amide bonds. The molecule has 0 fully saturated rings. The van der Waals surface area contributed by atoms with Gasteiger partial charge in [-0.15, -0.1) is 0 Å². The quantitative estimate of drug-likeness (QED) is 0.620. The molecule has 0 atom stereocenters. The van der Waals surface area contributed by atoms with Crippen LogP contribution in [0, 0.1) is 6.92 Å². The number of hydrogen-bond donors (Lipinski definition) is 4. The molecule has 0 saturated carbocycles. The fraction of sp³-hybridized carbons (Fsp3) is 0.273. The second-order valence-electron chi connectivity index (χ2n) is 3.50. The highest BCUT2D eigenvalue weighted by Crippen LogP contribution is 2.15. The molecular formula is C11H15N3O3. The monoisotopic (exact) mass is 237 g/mol. The summed E-state index contributed by atoms with van der Waals surface area (Å²) in [6.45, 7) is 2.41. The maximum atomic E-state index is 11.3. The van der Waals surface area contributed by atoms with Crippen molar-refractivity contribution in [3.05, 3.63) is 29.3 Å². The molecule has 6 nitrogen and oxygen atoms in total. The Morgan fingerprint density at radius 3 is 2.71 bits per heavy atom. The highest BCUT2D eigenvalue weighted by molar-refractivity contribution is 5.94. The summed E-state index contributed by atoms with van der Waals surface area (Å²) in [5, 5.41) is 14.0. The van der Waals surface area contributed by atoms with Gasteiger partial charge >= 0.3 is 12.0 Å². The molecule has 1 rings (SSSR count). The Balaban J connectivity index is 2.75. The molecule has 0 bridgehead atoms. The molecule has 6 heteroatoms. The lowest BCUT2D eigenvalue weighted by atomic mass is 10.1. The third-order valence-electron chi connectivity index (χ3n) is 2.16. The van der Waals surface area contributed by atoms with Crippen molar-refractivity contribution in [2.24, 2.45) is 5.73 Å². The van der Waals surface area contributed by atoms with Crippen LogP contribution in [0.3, 0.4) is 0 Å². The van der Waals surface area contributed by atoms with E-state index in [2.05, 4.69) is 10.6 Å². The molecule has 92 valence electrons. The van der Waals surface area contributed by atoms with Gasteiger partial charge in [0.2, 0.25) is 0 Å². The number of anilines is 1. The summed E-state index contributed by atoms with van der Waals surface area (Å²) in [5.41, 5.74) is 6.48. The van der Waals surface area contributed by atoms with Crippen LogP contribution in [0.4, 0.5) is 10.5 Å². The normalized spacial score (nSPS) is 9.76. The first-order valence-corrected chi connectivity index (χ1v) is 5.13. The molecule has 0 aliphatic carbocycles. The maximum absolute atomic E-state index is 11.3. The standard InChI is InChI=1S/C11H15N3O3/c1-7-2-3-8(6-9(7)10(15)16)14-11(17)13-5-4-12/h2-3,6H,4-5,12H2,1H3,(H,15,16)(H2,13,14,17). The topological polar surface area (TPSA) is 104 Å². The highest BCUT2D eigenvalue weighted by Gasteiger charge is 2.09. The van der Waals surface area contributed by atoms with E-state index in [0.29, 0.717) is 24.3 Å². The first-order chi connectivity index (χ1) is 8.04. The molecule has 0 spiro atoms. The van der Waals surface area contributed by atoms with E-state index in [1.807, 2.05) is 0 Å². The average Bonchev–Trinajstić information content (AvgIpc) is 2.28. The van der Waals surface area contributed by atoms with Gasteiger partial charge in [0.1, 0.15) is 0 Å². The molecule has 0 unspecified atom stereocenters. The zero-order chi connectivity index (χ0) is 12.8. The number of urea groups is 1. The zero-order valence-electron chi connectivity index (χ0n) is 9.49. The van der Waals surface area contributed by atoms with Crippen molar-refractivity contribution in [1.29, 1.82) is 0 Å². The summed E-state index contributed by atoms with van der Waals surface area (Å²) < 4.78 is 0. The molecule has 0 aliphatic heterocycles. The van der Waals surface area contributed by atoms with Crippen LogP contribution in [0.1, 0.15) is 15.9 Å². The summed E-state index contributed by atoms with van der Waals surface area (Å²) in [4.78, 5) is 22.2. The first-order valence-electron chi connectivity index (χ1n) is 5.13. The predicted octanol–water partition coefficient (Wildman–Crippen LogP) is 0.773. The van der Waals surface area contributed by atoms with Crippen molar-refractivity contribution in [1.82, 2.24) is 5.32 Å².